The molecule has 3 aliphatic rings. The van der Waals surface area contributed by atoms with Crippen molar-refractivity contribution in [2.45, 2.75) is 108 Å². The third kappa shape index (κ3) is 7.30. The van der Waals surface area contributed by atoms with Crippen LogP contribution in [0.5, 0.6) is 0 Å². The van der Waals surface area contributed by atoms with E-state index in [0.29, 0.717) is 38.5 Å². The second-order valence-electron chi connectivity index (χ2n) is 11.5. The van der Waals surface area contributed by atoms with Crippen LogP contribution < -0.4 is 0 Å². The number of aliphatic hydroxyl groups is 2. The Labute approximate surface area is 237 Å². The molecule has 2 heterocycles. The Kier molecular flexibility index (Phi) is 11.7. The molecule has 3 fully saturated rings. The molecule has 3 rings (SSSR count). The van der Waals surface area contributed by atoms with Crippen LogP contribution in [0, 0.1) is 11.8 Å². The number of carbonyl (C=O) groups excluding carboxylic acids is 3. The molecule has 11 heteroatoms. The summed E-state index contributed by atoms with van der Waals surface area (Å²) in [7, 11) is 4.57. The average molecular weight is 570 g/mol. The number of hydrogen-bond donors (Lipinski definition) is 2. The van der Waals surface area contributed by atoms with E-state index in [1.165, 1.54) is 19.1 Å². The highest BCUT2D eigenvalue weighted by Crippen LogP contribution is 2.36. The number of hydrogen-bond acceptors (Lipinski definition) is 10. The van der Waals surface area contributed by atoms with E-state index >= 15 is 0 Å². The minimum atomic E-state index is -2.36. The predicted octanol–water partition coefficient (Wildman–Crippen LogP) is 1.77. The fourth-order valence-corrected chi connectivity index (χ4v) is 6.02. The molecule has 0 aromatic carbocycles. The zero-order chi connectivity index (χ0) is 29.6. The first kappa shape index (κ1) is 32.6. The molecule has 1 amide bonds. The number of piperidine rings is 1. The Morgan fingerprint density at radius 1 is 1.07 bits per heavy atom. The van der Waals surface area contributed by atoms with Crippen LogP contribution in [0.4, 0.5) is 0 Å². The summed E-state index contributed by atoms with van der Waals surface area (Å²) in [6.45, 7) is 5.56. The van der Waals surface area contributed by atoms with Crippen molar-refractivity contribution in [1.29, 1.82) is 0 Å². The normalized spacial score (nSPS) is 36.1. The first-order valence-corrected chi connectivity index (χ1v) is 14.3. The number of Topliss-reactive ketones (excluding diaryl/α,β-unsaturated/α-hetero) is 1. The number of rotatable bonds is 10. The Morgan fingerprint density at radius 3 is 2.42 bits per heavy atom. The average Bonchev–Trinajstić information content (AvgIpc) is 2.94. The molecule has 0 radical (unpaired) electrons. The molecule has 2 aliphatic heterocycles. The van der Waals surface area contributed by atoms with Gasteiger partial charge in [0.2, 0.25) is 5.79 Å². The number of aliphatic hydroxyl groups excluding tert-OH is 1. The van der Waals surface area contributed by atoms with Crippen LogP contribution >= 0.6 is 0 Å². The van der Waals surface area contributed by atoms with Gasteiger partial charge in [0.1, 0.15) is 18.2 Å². The first-order valence-electron chi connectivity index (χ1n) is 14.3. The molecular weight excluding hydrogens is 522 g/mol. The van der Waals surface area contributed by atoms with Crippen LogP contribution in [-0.4, -0.2) is 110 Å². The van der Waals surface area contributed by atoms with E-state index in [1.54, 1.807) is 21.0 Å². The third-order valence-corrected chi connectivity index (χ3v) is 8.72. The summed E-state index contributed by atoms with van der Waals surface area (Å²) in [5.41, 5.74) is 0.866. The van der Waals surface area contributed by atoms with E-state index < -0.39 is 59.8 Å². The minimum absolute atomic E-state index is 0.0754. The van der Waals surface area contributed by atoms with E-state index in [9.17, 15) is 24.6 Å². The van der Waals surface area contributed by atoms with Gasteiger partial charge in [0.15, 0.2) is 0 Å². The van der Waals surface area contributed by atoms with Gasteiger partial charge in [-0.25, -0.2) is 4.79 Å². The summed E-state index contributed by atoms with van der Waals surface area (Å²) in [4.78, 5) is 41.4. The summed E-state index contributed by atoms with van der Waals surface area (Å²) in [6.07, 6.45) is 3.78. The van der Waals surface area contributed by atoms with Gasteiger partial charge in [-0.2, -0.15) is 0 Å². The molecule has 2 N–H and O–H groups in total. The monoisotopic (exact) mass is 569 g/mol. The Bertz CT molecular complexity index is 924. The predicted molar refractivity (Wildman–Crippen MR) is 144 cm³/mol. The highest BCUT2D eigenvalue weighted by Gasteiger charge is 2.55. The van der Waals surface area contributed by atoms with Crippen molar-refractivity contribution in [1.82, 2.24) is 4.90 Å². The van der Waals surface area contributed by atoms with Gasteiger partial charge < -0.3 is 38.8 Å². The summed E-state index contributed by atoms with van der Waals surface area (Å²) >= 11 is 0. The van der Waals surface area contributed by atoms with Crippen molar-refractivity contribution in [3.05, 3.63) is 11.6 Å². The molecule has 9 atom stereocenters. The van der Waals surface area contributed by atoms with Gasteiger partial charge in [-0.1, -0.05) is 13.0 Å². The molecule has 1 saturated carbocycles. The van der Waals surface area contributed by atoms with E-state index in [-0.39, 0.29) is 25.2 Å². The van der Waals surface area contributed by atoms with Crippen molar-refractivity contribution in [2.24, 2.45) is 11.8 Å². The van der Waals surface area contributed by atoms with Crippen LogP contribution in [0.2, 0.25) is 0 Å². The highest BCUT2D eigenvalue weighted by atomic mass is 16.7. The van der Waals surface area contributed by atoms with Crippen molar-refractivity contribution in [3.8, 4) is 0 Å². The van der Waals surface area contributed by atoms with Gasteiger partial charge in [0.05, 0.1) is 24.9 Å². The molecule has 11 nitrogen and oxygen atoms in total. The largest absolute Gasteiger partial charge is 0.457 e. The number of methoxy groups -OCH3 is 3. The second-order valence-corrected chi connectivity index (χ2v) is 11.5. The van der Waals surface area contributed by atoms with Gasteiger partial charge >= 0.3 is 5.97 Å². The number of allylic oxidation sites excluding steroid dienone is 1. The minimum Gasteiger partial charge on any atom is -0.457 e. The molecule has 40 heavy (non-hydrogen) atoms. The second kappa shape index (κ2) is 14.3. The van der Waals surface area contributed by atoms with E-state index in [1.807, 2.05) is 6.92 Å². The van der Waals surface area contributed by atoms with Gasteiger partial charge in [0, 0.05) is 33.8 Å². The lowest BCUT2D eigenvalue weighted by molar-refractivity contribution is -0.291. The Hall–Kier alpha value is -1.89. The lowest BCUT2D eigenvalue weighted by Gasteiger charge is -2.44. The number of nitrogens with zero attached hydrogens (tertiary/aromatic N) is 1. The van der Waals surface area contributed by atoms with Crippen LogP contribution in [-0.2, 0) is 38.1 Å². The van der Waals surface area contributed by atoms with Crippen molar-refractivity contribution < 1.29 is 48.3 Å². The standard InChI is InChI=1S/C29H47NO10/c1-17(13-20-10-11-22(31)23(15-20)37-5)19(3)39-28(34)21-9-7-8-12-30(21)27(33)26(32)29(35)18(2)14-24(38-6)25(40-29)16-36-4/h13,18-25,31,35H,7-12,14-16H2,1-6H3/b17-13+/t18-,19+,20+,21+,22-,23-,24+,25?,29-/m1/s1. The molecule has 1 aliphatic carbocycles. The maximum Gasteiger partial charge on any atom is 0.329 e. The summed E-state index contributed by atoms with van der Waals surface area (Å²) in [6, 6.07) is -0.938. The lowest BCUT2D eigenvalue weighted by Crippen LogP contribution is -2.63. The summed E-state index contributed by atoms with van der Waals surface area (Å²) < 4.78 is 27.5. The molecule has 0 aromatic rings. The number of ether oxygens (including phenoxy) is 5. The number of carbonyl (C=O) groups is 3. The smallest absolute Gasteiger partial charge is 0.329 e. The summed E-state index contributed by atoms with van der Waals surface area (Å²) in [5, 5.41) is 21.4. The van der Waals surface area contributed by atoms with Crippen LogP contribution in [0.25, 0.3) is 0 Å². The maximum absolute atomic E-state index is 13.5. The summed E-state index contributed by atoms with van der Waals surface area (Å²) in [5.74, 6) is -5.54. The Morgan fingerprint density at radius 2 is 1.77 bits per heavy atom. The fraction of sp³-hybridized carbons (Fsp3) is 0.828. The van der Waals surface area contributed by atoms with Crippen LogP contribution in [0.3, 0.4) is 0 Å². The maximum atomic E-state index is 13.5. The van der Waals surface area contributed by atoms with Gasteiger partial charge in [-0.3, -0.25) is 9.59 Å². The van der Waals surface area contributed by atoms with Crippen molar-refractivity contribution in [3.63, 3.8) is 0 Å². The number of amides is 1. The number of esters is 1. The zero-order valence-corrected chi connectivity index (χ0v) is 24.7. The molecule has 0 spiro atoms. The number of likely N-dealkylation sites (tertiary alicyclic amines) is 1. The first-order chi connectivity index (χ1) is 19.0. The van der Waals surface area contributed by atoms with Gasteiger partial charge in [-0.15, -0.1) is 0 Å². The van der Waals surface area contributed by atoms with Crippen LogP contribution in [0.15, 0.2) is 11.6 Å². The fourth-order valence-electron chi connectivity index (χ4n) is 6.02. The van der Waals surface area contributed by atoms with E-state index in [2.05, 4.69) is 6.08 Å². The molecule has 0 aromatic heterocycles. The molecule has 1 unspecified atom stereocenters. The highest BCUT2D eigenvalue weighted by molar-refractivity contribution is 6.39. The quantitative estimate of drug-likeness (QED) is 0.227. The Balaban J connectivity index is 1.68. The van der Waals surface area contributed by atoms with Gasteiger partial charge in [-0.05, 0) is 70.3 Å². The zero-order valence-electron chi connectivity index (χ0n) is 24.7. The third-order valence-electron chi connectivity index (χ3n) is 8.72. The van der Waals surface area contributed by atoms with Gasteiger partial charge in [0.25, 0.3) is 11.7 Å². The molecule has 0 bridgehead atoms. The van der Waals surface area contributed by atoms with Crippen molar-refractivity contribution >= 4 is 17.7 Å². The molecule has 228 valence electrons. The van der Waals surface area contributed by atoms with E-state index in [0.717, 1.165) is 12.0 Å². The lowest BCUT2D eigenvalue weighted by atomic mass is 9.84. The SMILES string of the molecule is COCC1O[C@@](O)(C(=O)C(=O)N2CCCC[C@H]2C(=O)O[C@@H](C)/C(C)=C/[C@@H]2CC[C@@H](O)[C@H](OC)C2)[C@H](C)C[C@@H]1OC. The molecule has 2 saturated heterocycles. The topological polar surface area (TPSA) is 141 Å². The van der Waals surface area contributed by atoms with Crippen LogP contribution in [0.1, 0.15) is 65.7 Å². The van der Waals surface area contributed by atoms with E-state index in [4.69, 9.17) is 23.7 Å². The number of ketones is 1. The molecular formula is C29H47NO10. The van der Waals surface area contributed by atoms with Crippen molar-refractivity contribution in [2.75, 3.05) is 34.5 Å².